The van der Waals surface area contributed by atoms with Crippen LogP contribution in [0, 0.1) is 0 Å². The van der Waals surface area contributed by atoms with Crippen molar-refractivity contribution in [1.82, 2.24) is 0 Å². The summed E-state index contributed by atoms with van der Waals surface area (Å²) in [6.07, 6.45) is 0. The third-order valence-electron chi connectivity index (χ3n) is 0.138. The Hall–Kier alpha value is 0.680. The lowest BCUT2D eigenvalue weighted by atomic mass is 11.9. The summed E-state index contributed by atoms with van der Waals surface area (Å²) in [6.45, 7) is 0. The molecule has 0 aliphatic carbocycles. The molecule has 0 spiro atoms. The minimum atomic E-state index is -3.90. The first-order valence-corrected chi connectivity index (χ1v) is 3.22. The van der Waals surface area contributed by atoms with E-state index < -0.39 is 15.3 Å². The number of hydrogen-bond acceptors (Lipinski definition) is 2. The van der Waals surface area contributed by atoms with Gasteiger partial charge < -0.3 is 0 Å². The molecular weight excluding hydrogens is 207 g/mol. The molecule has 0 aromatic rings. The van der Waals surface area contributed by atoms with Gasteiger partial charge in [-0.15, -0.1) is 28.6 Å². The van der Waals surface area contributed by atoms with Crippen LogP contribution in [0.15, 0.2) is 0 Å². The van der Waals surface area contributed by atoms with Crippen molar-refractivity contribution in [2.24, 2.45) is 0 Å². The van der Waals surface area contributed by atoms with Crippen molar-refractivity contribution in [1.29, 1.82) is 0 Å². The highest BCUT2D eigenvalue weighted by atomic mass is 79.9. The molecule has 3 nitrogen and oxygen atoms in total. The highest BCUT2D eigenvalue weighted by Gasteiger charge is 1.95. The van der Waals surface area contributed by atoms with Gasteiger partial charge in [0.2, 0.25) is 0 Å². The molecule has 0 aliphatic heterocycles. The van der Waals surface area contributed by atoms with Crippen LogP contribution in [0.4, 0.5) is 0 Å². The van der Waals surface area contributed by atoms with Crippen molar-refractivity contribution in [2.75, 3.05) is 5.21 Å². The minimum Gasteiger partial charge on any atom is -0.285 e. The van der Waals surface area contributed by atoms with Crippen LogP contribution in [0.5, 0.6) is 0 Å². The smallest absolute Gasteiger partial charge is 0.279 e. The summed E-state index contributed by atoms with van der Waals surface area (Å²) in [5, 5.41) is -0.729. The fourth-order valence-corrected chi connectivity index (χ4v) is 0. The van der Waals surface area contributed by atoms with Gasteiger partial charge in [-0.1, -0.05) is 0 Å². The quantitative estimate of drug-likeness (QED) is 0.512. The monoisotopic (exact) mass is 210 g/mol. The highest BCUT2D eigenvalue weighted by molar-refractivity contribution is 8.93. The molecule has 0 rings (SSSR count). The van der Waals surface area contributed by atoms with Gasteiger partial charge in [0.05, 0.1) is 0 Å². The average molecular weight is 211 g/mol. The summed E-state index contributed by atoms with van der Waals surface area (Å²) in [5.74, 6) is 0. The molecule has 0 aromatic carbocycles. The third-order valence-corrected chi connectivity index (χ3v) is 1.24. The van der Waals surface area contributed by atoms with Gasteiger partial charge >= 0.3 is 0 Å². The molecule has 7 heavy (non-hydrogen) atoms. The largest absolute Gasteiger partial charge is 0.285 e. The molecule has 0 saturated carbocycles. The molecule has 0 atom stereocenters. The van der Waals surface area contributed by atoms with Crippen LogP contribution in [0.25, 0.3) is 0 Å². The van der Waals surface area contributed by atoms with E-state index in [1.165, 1.54) is 0 Å². The lowest BCUT2D eigenvalue weighted by Crippen LogP contribution is -1.95. The molecule has 1 N–H and O–H groups in total. The summed E-state index contributed by atoms with van der Waals surface area (Å²) in [7, 11) is -3.90. The van der Waals surface area contributed by atoms with E-state index in [-0.39, 0.29) is 17.0 Å². The van der Waals surface area contributed by atoms with Crippen molar-refractivity contribution < 1.29 is 13.0 Å². The van der Waals surface area contributed by atoms with Gasteiger partial charge in [0.25, 0.3) is 10.1 Å². The van der Waals surface area contributed by atoms with Crippen LogP contribution in [-0.4, -0.2) is 18.2 Å². The predicted molar refractivity (Wildman–Crippen MR) is 32.6 cm³/mol. The molecule has 0 fully saturated rings. The van der Waals surface area contributed by atoms with Gasteiger partial charge in [-0.2, -0.15) is 8.42 Å². The summed E-state index contributed by atoms with van der Waals surface area (Å²) in [5.41, 5.74) is 0. The first-order chi connectivity index (χ1) is 2.56. The Morgan fingerprint density at radius 2 is 1.71 bits per heavy atom. The Kier molecular flexibility index (Phi) is 5.54. The van der Waals surface area contributed by atoms with Gasteiger partial charge in [0.15, 0.2) is 0 Å². The van der Waals surface area contributed by atoms with E-state index >= 15 is 0 Å². The Labute approximate surface area is 57.2 Å². The van der Waals surface area contributed by atoms with E-state index in [1.807, 2.05) is 0 Å². The molecular formula is CH4BrClO3S. The Balaban J connectivity index is 0. The first-order valence-electron chi connectivity index (χ1n) is 1.07. The lowest BCUT2D eigenvalue weighted by molar-refractivity contribution is 0.488. The van der Waals surface area contributed by atoms with Crippen molar-refractivity contribution in [3.63, 3.8) is 0 Å². The van der Waals surface area contributed by atoms with Crippen LogP contribution in [0.3, 0.4) is 0 Å². The second-order valence-corrected chi connectivity index (χ2v) is 2.73. The van der Waals surface area contributed by atoms with Gasteiger partial charge in [0, 0.05) is 0 Å². The molecule has 0 radical (unpaired) electrons. The zero-order valence-electron chi connectivity index (χ0n) is 3.17. The molecule has 0 bridgehead atoms. The molecule has 0 heterocycles. The van der Waals surface area contributed by atoms with Gasteiger partial charge in [-0.25, -0.2) is 0 Å². The standard InChI is InChI=1S/CH3ClO3S.BrH/c2-1-6(3,4)5;/h1H2,(H,3,4,5);1H. The molecule has 0 unspecified atom stereocenters. The number of alkyl halides is 1. The second-order valence-electron chi connectivity index (χ2n) is 0.691. The number of hydrogen-bond donors (Lipinski definition) is 1. The van der Waals surface area contributed by atoms with Crippen LogP contribution in [0.1, 0.15) is 0 Å². The Morgan fingerprint density at radius 3 is 1.71 bits per heavy atom. The van der Waals surface area contributed by atoms with Gasteiger partial charge in [0.1, 0.15) is 5.21 Å². The fraction of sp³-hybridized carbons (Fsp3) is 1.00. The summed E-state index contributed by atoms with van der Waals surface area (Å²) < 4.78 is 26.5. The number of halogens is 2. The number of rotatable bonds is 1. The summed E-state index contributed by atoms with van der Waals surface area (Å²) >= 11 is 4.64. The van der Waals surface area contributed by atoms with E-state index in [2.05, 4.69) is 11.6 Å². The Bertz CT molecular complexity index is 117. The highest BCUT2D eigenvalue weighted by Crippen LogP contribution is 1.82. The van der Waals surface area contributed by atoms with E-state index in [4.69, 9.17) is 4.55 Å². The van der Waals surface area contributed by atoms with E-state index in [9.17, 15) is 8.42 Å². The molecule has 0 aromatic heterocycles. The molecule has 6 heteroatoms. The molecule has 0 aliphatic rings. The van der Waals surface area contributed by atoms with Gasteiger partial charge in [-0.3, -0.25) is 4.55 Å². The summed E-state index contributed by atoms with van der Waals surface area (Å²) in [4.78, 5) is 0. The van der Waals surface area contributed by atoms with Crippen LogP contribution >= 0.6 is 28.6 Å². The topological polar surface area (TPSA) is 54.4 Å². The van der Waals surface area contributed by atoms with Crippen molar-refractivity contribution in [3.8, 4) is 0 Å². The molecule has 0 saturated heterocycles. The molecule has 46 valence electrons. The lowest BCUT2D eigenvalue weighted by Gasteiger charge is -1.78. The third kappa shape index (κ3) is 10.8. The minimum absolute atomic E-state index is 0. The van der Waals surface area contributed by atoms with Crippen molar-refractivity contribution in [3.05, 3.63) is 0 Å². The van der Waals surface area contributed by atoms with Crippen LogP contribution < -0.4 is 0 Å². The Morgan fingerprint density at radius 1 is 1.57 bits per heavy atom. The van der Waals surface area contributed by atoms with Gasteiger partial charge in [-0.05, 0) is 0 Å². The SMILES string of the molecule is Br.O=S(=O)(O)CCl. The normalized spacial score (nSPS) is 10.0. The van der Waals surface area contributed by atoms with E-state index in [0.29, 0.717) is 0 Å². The fourth-order valence-electron chi connectivity index (χ4n) is 0. The van der Waals surface area contributed by atoms with E-state index in [1.54, 1.807) is 0 Å². The van der Waals surface area contributed by atoms with Crippen LogP contribution in [0.2, 0.25) is 0 Å². The average Bonchev–Trinajstić information content (AvgIpc) is 1.35. The maximum Gasteiger partial charge on any atom is 0.279 e. The second kappa shape index (κ2) is 3.65. The van der Waals surface area contributed by atoms with Crippen LogP contribution in [-0.2, 0) is 10.1 Å². The molecule has 0 amide bonds. The van der Waals surface area contributed by atoms with E-state index in [0.717, 1.165) is 0 Å². The van der Waals surface area contributed by atoms with Crippen molar-refractivity contribution >= 4 is 38.7 Å². The van der Waals surface area contributed by atoms with Crippen molar-refractivity contribution in [2.45, 2.75) is 0 Å². The zero-order chi connectivity index (χ0) is 5.21. The first kappa shape index (κ1) is 10.6. The predicted octanol–water partition coefficient (Wildman–Crippen LogP) is 0.648. The summed E-state index contributed by atoms with van der Waals surface area (Å²) in [6, 6.07) is 0. The maximum absolute atomic E-state index is 9.42. The zero-order valence-corrected chi connectivity index (χ0v) is 6.45. The maximum atomic E-state index is 9.42.